The first-order valence-corrected chi connectivity index (χ1v) is 27.2. The van der Waals surface area contributed by atoms with Crippen LogP contribution >= 0.6 is 0 Å². The van der Waals surface area contributed by atoms with Gasteiger partial charge in [0.05, 0.1) is 37.6 Å². The Kier molecular flexibility index (Phi) is 26.0. The summed E-state index contributed by atoms with van der Waals surface area (Å²) in [5.74, 6) is -8.43. The zero-order chi connectivity index (χ0) is 54.7. The van der Waals surface area contributed by atoms with Crippen molar-refractivity contribution in [1.82, 2.24) is 10.2 Å². The molecule has 17 heteroatoms. The molecule has 0 aromatic rings. The van der Waals surface area contributed by atoms with E-state index < -0.39 is 77.8 Å². The Morgan fingerprint density at radius 1 is 0.892 bits per heavy atom. The van der Waals surface area contributed by atoms with Gasteiger partial charge >= 0.3 is 5.97 Å². The van der Waals surface area contributed by atoms with Crippen molar-refractivity contribution in [1.29, 1.82) is 0 Å². The summed E-state index contributed by atoms with van der Waals surface area (Å²) in [5.41, 5.74) is 1.19. The number of aliphatic hydroxyl groups excluding tert-OH is 2. The third-order valence-electron chi connectivity index (χ3n) is 15.7. The minimum atomic E-state index is -2.50. The standard InChI is InChI=1S/C57H90N2O15/c1-35-17-12-11-13-18-36(2)47(71-27-16-20-50(62)58-8)33-43-23-21-41(7)57(68,74-43)54(65)55(66)59-25-15-14-19-44(59)56(67)73-48(38(4)31-42-22-24-46(72-28-26-60)49(32-42)69-9)34-45(61)37(3)30-40(6)52(64)53(70-10)51(63)39(5)29-35/h11-13,17-18,30,35,37-39,41-44,46-49,52-53,60,64,68H,14-16,19-29,31-34H2,1-10H3,(H,58,62)/b13-11+,17-12+,36-18+,40-30+/t35-,37-,38-,39-,41-,42+,43+,44+,46-,47?,48+,49-,52-,53+,57-/m1/s1. The zero-order valence-electron chi connectivity index (χ0n) is 46.0. The molecule has 0 radical (unpaired) electrons. The Labute approximate surface area is 440 Å². The molecule has 0 spiro atoms. The SMILES string of the molecule is CNC(=O)CCCOC1C[C@@H]2CC[C@@H](C)[C@@](O)(O2)C(=O)C(=O)N2CCCC[C@H]2C(=O)O[C@H]([C@H](C)C[C@@H]2CC[C@@H](OCCO)[C@H](OC)C2)CC(=O)[C@H](C)/C=C(\C)[C@@H](O)[C@@H](OC)C(=O)[C@H](C)C[C@H](C)/C=C/C=C/C=C/1C. The van der Waals surface area contributed by atoms with Crippen molar-refractivity contribution in [3.8, 4) is 0 Å². The first-order valence-electron chi connectivity index (χ1n) is 27.2. The maximum Gasteiger partial charge on any atom is 0.329 e. The van der Waals surface area contributed by atoms with Crippen LogP contribution in [-0.2, 0) is 57.2 Å². The van der Waals surface area contributed by atoms with Gasteiger partial charge in [-0.15, -0.1) is 0 Å². The molecular formula is C57H90N2O15. The molecule has 2 bridgehead atoms. The lowest BCUT2D eigenvalue weighted by Gasteiger charge is -2.43. The summed E-state index contributed by atoms with van der Waals surface area (Å²) in [4.78, 5) is 84.7. The van der Waals surface area contributed by atoms with Crippen LogP contribution in [0.2, 0.25) is 0 Å². The van der Waals surface area contributed by atoms with Gasteiger partial charge in [-0.05, 0) is 113 Å². The van der Waals surface area contributed by atoms with Crippen molar-refractivity contribution in [3.05, 3.63) is 47.6 Å². The van der Waals surface area contributed by atoms with Gasteiger partial charge in [0, 0.05) is 71.4 Å². The zero-order valence-corrected chi connectivity index (χ0v) is 46.0. The number of nitrogens with one attached hydrogen (secondary N) is 1. The number of hydrogen-bond donors (Lipinski definition) is 4. The number of aliphatic hydroxyl groups is 3. The fraction of sp³-hybridized carbons (Fsp3) is 0.754. The second kappa shape index (κ2) is 30.7. The lowest BCUT2D eigenvalue weighted by Crippen LogP contribution is -2.61. The van der Waals surface area contributed by atoms with Crippen LogP contribution < -0.4 is 5.32 Å². The monoisotopic (exact) mass is 1040 g/mol. The number of carbonyl (C=O) groups excluding carboxylic acids is 6. The van der Waals surface area contributed by atoms with Gasteiger partial charge in [-0.2, -0.15) is 0 Å². The van der Waals surface area contributed by atoms with E-state index in [4.69, 9.17) is 28.4 Å². The molecule has 17 nitrogen and oxygen atoms in total. The number of esters is 1. The van der Waals surface area contributed by atoms with Crippen LogP contribution in [0.5, 0.6) is 0 Å². The number of piperidine rings is 1. The number of rotatable bonds is 13. The summed E-state index contributed by atoms with van der Waals surface area (Å²) in [5, 5.41) is 35.7. The summed E-state index contributed by atoms with van der Waals surface area (Å²) in [7, 11) is 4.57. The first-order chi connectivity index (χ1) is 35.2. The average molecular weight is 1040 g/mol. The summed E-state index contributed by atoms with van der Waals surface area (Å²) in [6.45, 7) is 13.0. The molecule has 2 saturated heterocycles. The third-order valence-corrected chi connectivity index (χ3v) is 15.7. The number of ketones is 3. The van der Waals surface area contributed by atoms with Crippen molar-refractivity contribution in [2.24, 2.45) is 35.5 Å². The number of fused-ring (bicyclic) bond motifs is 3. The quantitative estimate of drug-likeness (QED) is 0.0707. The van der Waals surface area contributed by atoms with Gasteiger partial charge in [0.2, 0.25) is 11.7 Å². The molecule has 4 N–H and O–H groups in total. The van der Waals surface area contributed by atoms with E-state index in [0.717, 1.165) is 12.0 Å². The molecule has 3 fully saturated rings. The maximum absolute atomic E-state index is 14.6. The Morgan fingerprint density at radius 3 is 2.32 bits per heavy atom. The van der Waals surface area contributed by atoms with E-state index in [1.807, 2.05) is 51.2 Å². The molecule has 2 amide bonds. The fourth-order valence-corrected chi connectivity index (χ4v) is 11.0. The largest absolute Gasteiger partial charge is 0.460 e. The molecule has 1 saturated carbocycles. The topological polar surface area (TPSA) is 234 Å². The smallest absolute Gasteiger partial charge is 0.329 e. The highest BCUT2D eigenvalue weighted by Gasteiger charge is 2.53. The van der Waals surface area contributed by atoms with E-state index in [2.05, 4.69) is 5.32 Å². The molecule has 4 aliphatic rings. The fourth-order valence-electron chi connectivity index (χ4n) is 11.0. The predicted octanol–water partition coefficient (Wildman–Crippen LogP) is 6.09. The Bertz CT molecular complexity index is 1980. The number of amides is 2. The average Bonchev–Trinajstić information content (AvgIpc) is 3.38. The lowest BCUT2D eigenvalue weighted by atomic mass is 9.78. The minimum Gasteiger partial charge on any atom is -0.460 e. The molecule has 15 atom stereocenters. The second-order valence-electron chi connectivity index (χ2n) is 21.6. The van der Waals surface area contributed by atoms with Gasteiger partial charge in [-0.25, -0.2) is 4.79 Å². The highest BCUT2D eigenvalue weighted by molar-refractivity contribution is 6.39. The number of methoxy groups -OCH3 is 2. The molecule has 0 aromatic heterocycles. The van der Waals surface area contributed by atoms with Crippen LogP contribution in [0.1, 0.15) is 138 Å². The molecule has 3 aliphatic heterocycles. The van der Waals surface area contributed by atoms with Crippen LogP contribution in [-0.4, -0.2) is 158 Å². The van der Waals surface area contributed by atoms with Crippen molar-refractivity contribution in [2.45, 2.75) is 193 Å². The number of Topliss-reactive ketones (excluding diaryl/α,β-unsaturated/α-hetero) is 3. The third kappa shape index (κ3) is 17.8. The van der Waals surface area contributed by atoms with Crippen LogP contribution in [0.15, 0.2) is 47.6 Å². The van der Waals surface area contributed by atoms with E-state index in [9.17, 15) is 44.1 Å². The van der Waals surface area contributed by atoms with Gasteiger partial charge in [0.1, 0.15) is 30.1 Å². The van der Waals surface area contributed by atoms with Crippen molar-refractivity contribution in [3.63, 3.8) is 0 Å². The minimum absolute atomic E-state index is 0.0215. The Balaban J connectivity index is 1.71. The summed E-state index contributed by atoms with van der Waals surface area (Å²) in [6.07, 6.45) is 12.0. The Hall–Kier alpha value is -3.94. The molecule has 1 aliphatic carbocycles. The summed E-state index contributed by atoms with van der Waals surface area (Å²) in [6, 6.07) is -1.18. The van der Waals surface area contributed by atoms with Crippen molar-refractivity contribution >= 4 is 35.1 Å². The van der Waals surface area contributed by atoms with E-state index >= 15 is 0 Å². The van der Waals surface area contributed by atoms with E-state index in [1.165, 1.54) is 12.0 Å². The molecule has 4 rings (SSSR count). The van der Waals surface area contributed by atoms with Gasteiger partial charge in [-0.1, -0.05) is 71.1 Å². The van der Waals surface area contributed by atoms with E-state index in [1.54, 1.807) is 47.9 Å². The number of hydrogen-bond acceptors (Lipinski definition) is 15. The molecule has 0 aromatic carbocycles. The summed E-state index contributed by atoms with van der Waals surface area (Å²) >= 11 is 0. The highest BCUT2D eigenvalue weighted by atomic mass is 16.6. The predicted molar refractivity (Wildman–Crippen MR) is 278 cm³/mol. The molecular weight excluding hydrogens is 953 g/mol. The van der Waals surface area contributed by atoms with E-state index in [-0.39, 0.29) is 99.5 Å². The number of carbonyl (C=O) groups is 6. The van der Waals surface area contributed by atoms with Gasteiger partial charge in [-0.3, -0.25) is 24.0 Å². The highest BCUT2D eigenvalue weighted by Crippen LogP contribution is 2.38. The van der Waals surface area contributed by atoms with Gasteiger partial charge < -0.3 is 54.0 Å². The van der Waals surface area contributed by atoms with Crippen LogP contribution in [0.25, 0.3) is 0 Å². The molecule has 1 unspecified atom stereocenters. The van der Waals surface area contributed by atoms with Crippen molar-refractivity contribution in [2.75, 3.05) is 47.6 Å². The number of allylic oxidation sites excluding steroid dienone is 6. The van der Waals surface area contributed by atoms with Crippen LogP contribution in [0.3, 0.4) is 0 Å². The van der Waals surface area contributed by atoms with Gasteiger partial charge in [0.15, 0.2) is 5.78 Å². The number of nitrogens with zero attached hydrogens (tertiary/aromatic N) is 1. The number of ether oxygens (including phenoxy) is 6. The summed E-state index contributed by atoms with van der Waals surface area (Å²) < 4.78 is 36.2. The molecule has 418 valence electrons. The van der Waals surface area contributed by atoms with Crippen molar-refractivity contribution < 1.29 is 72.5 Å². The molecule has 74 heavy (non-hydrogen) atoms. The maximum atomic E-state index is 14.6. The lowest BCUT2D eigenvalue weighted by molar-refractivity contribution is -0.266. The Morgan fingerprint density at radius 2 is 1.64 bits per heavy atom. The first kappa shape index (κ1) is 62.6. The van der Waals surface area contributed by atoms with Crippen LogP contribution in [0.4, 0.5) is 0 Å². The second-order valence-corrected chi connectivity index (χ2v) is 21.6. The number of cyclic esters (lactones) is 1. The van der Waals surface area contributed by atoms with Gasteiger partial charge in [0.25, 0.3) is 11.7 Å². The van der Waals surface area contributed by atoms with E-state index in [0.29, 0.717) is 63.4 Å². The molecule has 3 heterocycles. The van der Waals surface area contributed by atoms with Crippen LogP contribution in [0, 0.1) is 35.5 Å². The normalized spacial score (nSPS) is 36.9.